The average Bonchev–Trinajstić information content (AvgIpc) is 2.45. The van der Waals surface area contributed by atoms with Gasteiger partial charge < -0.3 is 12.4 Å². The largest absolute Gasteiger partial charge is 1.00 e. The Morgan fingerprint density at radius 1 is 1.09 bits per heavy atom. The van der Waals surface area contributed by atoms with E-state index >= 15 is 0 Å². The van der Waals surface area contributed by atoms with E-state index in [0.29, 0.717) is 11.4 Å². The zero-order chi connectivity index (χ0) is 15.5. The molecule has 0 heterocycles. The SMILES string of the molecule is N#[N+]c1ccc(N=Nc2cc(S(=O)(=O)O)ccc2Cl)cc1.[Cl-]. The Hall–Kier alpha value is -2.05. The lowest BCUT2D eigenvalue weighted by atomic mass is 10.3. The van der Waals surface area contributed by atoms with E-state index in [9.17, 15) is 8.42 Å². The van der Waals surface area contributed by atoms with E-state index in [2.05, 4.69) is 15.2 Å². The lowest BCUT2D eigenvalue weighted by molar-refractivity contribution is -0.00000853. The molecule has 0 spiro atoms. The van der Waals surface area contributed by atoms with Crippen molar-refractivity contribution in [1.29, 1.82) is 5.39 Å². The van der Waals surface area contributed by atoms with Gasteiger partial charge in [0.05, 0.1) is 15.6 Å². The number of diazo groups is 1. The van der Waals surface area contributed by atoms with Crippen LogP contribution in [0.4, 0.5) is 17.1 Å². The quantitative estimate of drug-likeness (QED) is 0.509. The van der Waals surface area contributed by atoms with Gasteiger partial charge in [-0.15, -0.1) is 5.11 Å². The Morgan fingerprint density at radius 2 is 1.73 bits per heavy atom. The summed E-state index contributed by atoms with van der Waals surface area (Å²) in [6.07, 6.45) is 0. The summed E-state index contributed by atoms with van der Waals surface area (Å²) in [6, 6.07) is 9.72. The van der Waals surface area contributed by atoms with Crippen LogP contribution < -0.4 is 12.4 Å². The van der Waals surface area contributed by atoms with Gasteiger partial charge in [0.25, 0.3) is 10.1 Å². The molecule has 0 aliphatic heterocycles. The van der Waals surface area contributed by atoms with Gasteiger partial charge in [-0.1, -0.05) is 11.6 Å². The van der Waals surface area contributed by atoms with Crippen LogP contribution >= 0.6 is 11.6 Å². The second-order valence-corrected chi connectivity index (χ2v) is 5.73. The summed E-state index contributed by atoms with van der Waals surface area (Å²) in [5, 5.41) is 16.4. The Morgan fingerprint density at radius 3 is 2.27 bits per heavy atom. The highest BCUT2D eigenvalue weighted by atomic mass is 35.5. The molecule has 0 amide bonds. The third kappa shape index (κ3) is 4.47. The number of hydrogen-bond acceptors (Lipinski definition) is 5. The molecule has 0 saturated heterocycles. The molecular formula is C12H8Cl2N4O3S. The zero-order valence-corrected chi connectivity index (χ0v) is 13.1. The van der Waals surface area contributed by atoms with Gasteiger partial charge in [-0.05, 0) is 30.3 Å². The molecule has 2 aromatic carbocycles. The summed E-state index contributed by atoms with van der Waals surface area (Å²) >= 11 is 5.88. The first kappa shape index (κ1) is 18.0. The van der Waals surface area contributed by atoms with Gasteiger partial charge in [-0.3, -0.25) is 4.55 Å². The predicted octanol–water partition coefficient (Wildman–Crippen LogP) is 1.49. The second-order valence-electron chi connectivity index (χ2n) is 3.90. The standard InChI is InChI=1S/C12H7ClN4O3S.ClH/c13-11-6-5-10(21(18,19)20)7-12(11)17-16-9-3-1-8(15-14)2-4-9;/h1-7H;1H. The van der Waals surface area contributed by atoms with Gasteiger partial charge in [-0.25, -0.2) is 0 Å². The van der Waals surface area contributed by atoms with E-state index < -0.39 is 10.1 Å². The smallest absolute Gasteiger partial charge is 0.385 e. The Labute approximate surface area is 137 Å². The van der Waals surface area contributed by atoms with Crippen molar-refractivity contribution in [3.63, 3.8) is 0 Å². The highest BCUT2D eigenvalue weighted by Crippen LogP contribution is 2.29. The fourth-order valence-electron chi connectivity index (χ4n) is 1.43. The molecule has 22 heavy (non-hydrogen) atoms. The molecule has 0 fully saturated rings. The summed E-state index contributed by atoms with van der Waals surface area (Å²) in [5.41, 5.74) is 0.916. The summed E-state index contributed by atoms with van der Waals surface area (Å²) < 4.78 is 31.1. The van der Waals surface area contributed by atoms with E-state index in [1.165, 1.54) is 18.2 Å². The summed E-state index contributed by atoms with van der Waals surface area (Å²) in [6.45, 7) is 0. The van der Waals surface area contributed by atoms with Crippen LogP contribution in [-0.4, -0.2) is 13.0 Å². The first-order valence-electron chi connectivity index (χ1n) is 5.54. The zero-order valence-electron chi connectivity index (χ0n) is 10.8. The van der Waals surface area contributed by atoms with Crippen LogP contribution in [0.3, 0.4) is 0 Å². The minimum atomic E-state index is -4.33. The Bertz CT molecular complexity index is 846. The molecule has 0 saturated carbocycles. The van der Waals surface area contributed by atoms with E-state index in [1.54, 1.807) is 12.1 Å². The van der Waals surface area contributed by atoms with Crippen molar-refractivity contribution in [3.05, 3.63) is 52.5 Å². The normalized spacial score (nSPS) is 11.0. The molecule has 7 nitrogen and oxygen atoms in total. The molecule has 0 aliphatic rings. The van der Waals surface area contributed by atoms with Crippen LogP contribution in [0.2, 0.25) is 5.02 Å². The second kappa shape index (κ2) is 7.29. The summed E-state index contributed by atoms with van der Waals surface area (Å²) in [7, 11) is -4.33. The first-order chi connectivity index (χ1) is 9.90. The van der Waals surface area contributed by atoms with Gasteiger partial charge >= 0.3 is 5.69 Å². The molecule has 0 aliphatic carbocycles. The number of nitrogens with zero attached hydrogens (tertiary/aromatic N) is 4. The van der Waals surface area contributed by atoms with E-state index in [0.717, 1.165) is 12.1 Å². The minimum absolute atomic E-state index is 0. The van der Waals surface area contributed by atoms with Crippen molar-refractivity contribution in [2.45, 2.75) is 4.90 Å². The van der Waals surface area contributed by atoms with Gasteiger partial charge in [0, 0.05) is 12.1 Å². The predicted molar refractivity (Wildman–Crippen MR) is 76.6 cm³/mol. The van der Waals surface area contributed by atoms with Crippen molar-refractivity contribution >= 4 is 38.8 Å². The molecule has 0 radical (unpaired) electrons. The van der Waals surface area contributed by atoms with Crippen LogP contribution in [0.25, 0.3) is 4.98 Å². The Kier molecular flexibility index (Phi) is 5.96. The van der Waals surface area contributed by atoms with E-state index in [-0.39, 0.29) is 28.0 Å². The highest BCUT2D eigenvalue weighted by Gasteiger charge is 2.12. The summed E-state index contributed by atoms with van der Waals surface area (Å²) in [4.78, 5) is 2.67. The molecule has 0 bridgehead atoms. The number of rotatable bonds is 3. The maximum absolute atomic E-state index is 11.0. The van der Waals surface area contributed by atoms with Crippen molar-refractivity contribution in [3.8, 4) is 0 Å². The van der Waals surface area contributed by atoms with Gasteiger partial charge in [0.2, 0.25) is 5.39 Å². The number of benzene rings is 2. The van der Waals surface area contributed by atoms with Crippen molar-refractivity contribution in [2.75, 3.05) is 0 Å². The number of hydrogen-bond donors (Lipinski definition) is 1. The van der Waals surface area contributed by atoms with Gasteiger partial charge in [0.1, 0.15) is 5.69 Å². The molecule has 0 aromatic heterocycles. The molecule has 114 valence electrons. The highest BCUT2D eigenvalue weighted by molar-refractivity contribution is 7.85. The number of azo groups is 1. The lowest BCUT2D eigenvalue weighted by Gasteiger charge is -2.00. The first-order valence-corrected chi connectivity index (χ1v) is 7.36. The molecule has 0 unspecified atom stereocenters. The van der Waals surface area contributed by atoms with Crippen molar-refractivity contribution < 1.29 is 25.4 Å². The number of halogens is 2. The molecule has 0 atom stereocenters. The van der Waals surface area contributed by atoms with Crippen molar-refractivity contribution in [1.82, 2.24) is 0 Å². The molecule has 2 rings (SSSR count). The van der Waals surface area contributed by atoms with Crippen LogP contribution in [0.1, 0.15) is 0 Å². The van der Waals surface area contributed by atoms with Gasteiger partial charge in [-0.2, -0.15) is 13.5 Å². The van der Waals surface area contributed by atoms with Crippen LogP contribution in [0, 0.1) is 5.39 Å². The maximum Gasteiger partial charge on any atom is 0.385 e. The van der Waals surface area contributed by atoms with Crippen LogP contribution in [0.5, 0.6) is 0 Å². The molecular weight excluding hydrogens is 351 g/mol. The molecule has 1 N–H and O–H groups in total. The average molecular weight is 359 g/mol. The van der Waals surface area contributed by atoms with Crippen LogP contribution in [0.15, 0.2) is 57.6 Å². The fourth-order valence-corrected chi connectivity index (χ4v) is 2.08. The van der Waals surface area contributed by atoms with Gasteiger partial charge in [0.15, 0.2) is 4.98 Å². The summed E-state index contributed by atoms with van der Waals surface area (Å²) in [5.74, 6) is 0. The maximum atomic E-state index is 11.0. The van der Waals surface area contributed by atoms with Crippen molar-refractivity contribution in [2.24, 2.45) is 10.2 Å². The fraction of sp³-hybridized carbons (Fsp3) is 0. The third-order valence-electron chi connectivity index (χ3n) is 2.45. The molecule has 2 aromatic rings. The molecule has 10 heteroatoms. The van der Waals surface area contributed by atoms with Crippen LogP contribution in [-0.2, 0) is 10.1 Å². The topological polar surface area (TPSA) is 107 Å². The van der Waals surface area contributed by atoms with E-state index in [1.807, 2.05) is 0 Å². The lowest BCUT2D eigenvalue weighted by Crippen LogP contribution is -3.00. The third-order valence-corrected chi connectivity index (χ3v) is 3.62. The monoisotopic (exact) mass is 358 g/mol. The minimum Gasteiger partial charge on any atom is -1.00 e. The Balaban J connectivity index is 0.00000242. The van der Waals surface area contributed by atoms with E-state index in [4.69, 9.17) is 21.5 Å².